The molecule has 0 bridgehead atoms. The van der Waals surface area contributed by atoms with Crippen LogP contribution in [0.25, 0.3) is 11.2 Å². The van der Waals surface area contributed by atoms with E-state index in [1.807, 2.05) is 6.21 Å². The number of nitrogens with zero attached hydrogens (tertiary/aromatic N) is 6. The van der Waals surface area contributed by atoms with E-state index < -0.39 is 0 Å². The van der Waals surface area contributed by atoms with Crippen LogP contribution < -0.4 is 5.30 Å². The number of aromatic nitrogens is 4. The molecule has 7 nitrogen and oxygen atoms in total. The summed E-state index contributed by atoms with van der Waals surface area (Å²) in [6, 6.07) is 6.28. The largest absolute Gasteiger partial charge is 0.273 e. The minimum absolute atomic E-state index is 0.00169. The molecule has 0 saturated carbocycles. The summed E-state index contributed by atoms with van der Waals surface area (Å²) in [7, 11) is 2.73. The van der Waals surface area contributed by atoms with Gasteiger partial charge in [0.05, 0.1) is 18.8 Å². The molecule has 2 aromatic heterocycles. The van der Waals surface area contributed by atoms with Crippen molar-refractivity contribution in [3.05, 3.63) is 60.1 Å². The fourth-order valence-electron chi connectivity index (χ4n) is 3.58. The summed E-state index contributed by atoms with van der Waals surface area (Å²) in [4.78, 5) is 21.4. The molecule has 0 N–H and O–H groups in total. The van der Waals surface area contributed by atoms with Gasteiger partial charge in [0.15, 0.2) is 5.65 Å². The maximum absolute atomic E-state index is 12.8. The van der Waals surface area contributed by atoms with Crippen molar-refractivity contribution in [3.8, 4) is 0 Å². The van der Waals surface area contributed by atoms with E-state index >= 15 is 0 Å². The summed E-state index contributed by atoms with van der Waals surface area (Å²) < 4.78 is 1.76. The van der Waals surface area contributed by atoms with E-state index in [2.05, 4.69) is 61.1 Å². The van der Waals surface area contributed by atoms with Gasteiger partial charge in [0.25, 0.3) is 0 Å². The lowest BCUT2D eigenvalue weighted by Gasteiger charge is -2.23. The summed E-state index contributed by atoms with van der Waals surface area (Å²) in [5, 5.41) is 11.4. The van der Waals surface area contributed by atoms with Crippen molar-refractivity contribution in [2.24, 2.45) is 5.10 Å². The zero-order valence-corrected chi connectivity index (χ0v) is 17.5. The first-order valence-corrected chi connectivity index (χ1v) is 10.1. The lowest BCUT2D eigenvalue weighted by Crippen LogP contribution is -2.27. The maximum Gasteiger partial charge on any atom is 0.243 e. The normalized spacial score (nSPS) is 15.9. The van der Waals surface area contributed by atoms with Crippen molar-refractivity contribution in [3.63, 3.8) is 0 Å². The van der Waals surface area contributed by atoms with E-state index in [0.717, 1.165) is 34.0 Å². The zero-order valence-electron chi connectivity index (χ0n) is 16.3. The van der Waals surface area contributed by atoms with Crippen molar-refractivity contribution in [1.29, 1.82) is 0 Å². The van der Waals surface area contributed by atoms with Gasteiger partial charge in [-0.3, -0.25) is 4.79 Å². The SMILES string of the molecule is C=C(CCC(=O)N1N=CCC1c1cc(C)cc(P)c1)Cn1ncc2nccnc21. The number of aryl methyl sites for hydroxylation is 1. The molecule has 2 unspecified atom stereocenters. The summed E-state index contributed by atoms with van der Waals surface area (Å²) in [6.45, 7) is 6.69. The first kappa shape index (κ1) is 19.4. The second-order valence-electron chi connectivity index (χ2n) is 7.28. The number of amides is 1. The Morgan fingerprint density at radius 3 is 2.90 bits per heavy atom. The Balaban J connectivity index is 1.38. The number of fused-ring (bicyclic) bond motifs is 1. The topological polar surface area (TPSA) is 76.3 Å². The third kappa shape index (κ3) is 4.25. The summed E-state index contributed by atoms with van der Waals surface area (Å²) in [5.41, 5.74) is 4.67. The Morgan fingerprint density at radius 2 is 2.07 bits per heavy atom. The van der Waals surface area contributed by atoms with Gasteiger partial charge in [0.2, 0.25) is 5.91 Å². The Labute approximate surface area is 171 Å². The van der Waals surface area contributed by atoms with Gasteiger partial charge in [-0.25, -0.2) is 19.7 Å². The predicted molar refractivity (Wildman–Crippen MR) is 117 cm³/mol. The van der Waals surface area contributed by atoms with Gasteiger partial charge in [0, 0.05) is 31.4 Å². The first-order chi connectivity index (χ1) is 14.0. The Morgan fingerprint density at radius 1 is 1.24 bits per heavy atom. The van der Waals surface area contributed by atoms with Crippen LogP contribution in [0.2, 0.25) is 0 Å². The van der Waals surface area contributed by atoms with Crippen LogP contribution in [0.4, 0.5) is 0 Å². The van der Waals surface area contributed by atoms with Gasteiger partial charge in [-0.15, -0.1) is 9.24 Å². The van der Waals surface area contributed by atoms with Crippen LogP contribution in [0.1, 0.15) is 36.4 Å². The van der Waals surface area contributed by atoms with E-state index in [4.69, 9.17) is 0 Å². The Kier molecular flexibility index (Phi) is 5.49. The number of carbonyl (C=O) groups excluding carboxylic acids is 1. The third-order valence-corrected chi connectivity index (χ3v) is 5.26. The molecule has 3 heterocycles. The van der Waals surface area contributed by atoms with Crippen molar-refractivity contribution in [2.75, 3.05) is 0 Å². The highest BCUT2D eigenvalue weighted by Gasteiger charge is 2.28. The zero-order chi connectivity index (χ0) is 20.4. The van der Waals surface area contributed by atoms with Gasteiger partial charge >= 0.3 is 0 Å². The lowest BCUT2D eigenvalue weighted by atomic mass is 10.0. The van der Waals surface area contributed by atoms with Crippen LogP contribution in [0.15, 0.2) is 54.0 Å². The fraction of sp³-hybridized carbons (Fsp3) is 0.286. The molecule has 8 heteroatoms. The molecule has 3 aromatic rings. The average molecular weight is 406 g/mol. The van der Waals surface area contributed by atoms with Crippen LogP contribution in [0.3, 0.4) is 0 Å². The molecule has 0 radical (unpaired) electrons. The highest BCUT2D eigenvalue weighted by atomic mass is 31.0. The highest BCUT2D eigenvalue weighted by Crippen LogP contribution is 2.29. The van der Waals surface area contributed by atoms with Crippen LogP contribution >= 0.6 is 9.24 Å². The number of rotatable bonds is 6. The molecule has 4 rings (SSSR count). The number of hydrazone groups is 1. The molecule has 1 aliphatic rings. The molecule has 0 fully saturated rings. The van der Waals surface area contributed by atoms with E-state index in [1.54, 1.807) is 28.3 Å². The van der Waals surface area contributed by atoms with Crippen molar-refractivity contribution < 1.29 is 4.79 Å². The molecule has 0 aliphatic carbocycles. The van der Waals surface area contributed by atoms with Crippen molar-refractivity contribution in [1.82, 2.24) is 24.8 Å². The summed E-state index contributed by atoms with van der Waals surface area (Å²) >= 11 is 0. The van der Waals surface area contributed by atoms with Crippen LogP contribution in [-0.4, -0.2) is 36.9 Å². The summed E-state index contributed by atoms with van der Waals surface area (Å²) in [5.74, 6) is 0.00169. The number of carbonyl (C=O) groups is 1. The minimum atomic E-state index is -0.0414. The monoisotopic (exact) mass is 406 g/mol. The Bertz CT molecular complexity index is 1090. The van der Waals surface area contributed by atoms with E-state index in [-0.39, 0.29) is 11.9 Å². The standard InChI is InChI=1S/C21H23N6OP/c1-14(13-26-21-18(12-25-26)22-7-8-23-21)3-4-20(28)27-19(5-6-24-27)16-9-15(2)10-17(29)11-16/h6-12,19H,1,3-5,13,29H2,2H3. The van der Waals surface area contributed by atoms with Gasteiger partial charge in [0.1, 0.15) is 5.52 Å². The van der Waals surface area contributed by atoms with Crippen LogP contribution in [0.5, 0.6) is 0 Å². The van der Waals surface area contributed by atoms with Gasteiger partial charge in [-0.1, -0.05) is 29.8 Å². The maximum atomic E-state index is 12.8. The van der Waals surface area contributed by atoms with Gasteiger partial charge < -0.3 is 0 Å². The molecule has 0 spiro atoms. The van der Waals surface area contributed by atoms with Crippen molar-refractivity contribution in [2.45, 2.75) is 38.8 Å². The van der Waals surface area contributed by atoms with E-state index in [9.17, 15) is 4.79 Å². The molecule has 1 aromatic carbocycles. The minimum Gasteiger partial charge on any atom is -0.273 e. The molecule has 0 saturated heterocycles. The second-order valence-corrected chi connectivity index (χ2v) is 7.95. The predicted octanol–water partition coefficient (Wildman–Crippen LogP) is 2.93. The molecule has 29 heavy (non-hydrogen) atoms. The fourth-order valence-corrected chi connectivity index (χ4v) is 4.04. The van der Waals surface area contributed by atoms with Gasteiger partial charge in [-0.05, 0) is 30.3 Å². The molecular weight excluding hydrogens is 383 g/mol. The third-order valence-electron chi connectivity index (χ3n) is 4.93. The molecule has 148 valence electrons. The molecular formula is C21H23N6OP. The number of hydrogen-bond donors (Lipinski definition) is 0. The smallest absolute Gasteiger partial charge is 0.243 e. The highest BCUT2D eigenvalue weighted by molar-refractivity contribution is 7.27. The lowest BCUT2D eigenvalue weighted by molar-refractivity contribution is -0.133. The van der Waals surface area contributed by atoms with Crippen LogP contribution in [-0.2, 0) is 11.3 Å². The van der Waals surface area contributed by atoms with E-state index in [0.29, 0.717) is 19.4 Å². The number of allylic oxidation sites excluding steroid dienone is 1. The van der Waals surface area contributed by atoms with Gasteiger partial charge in [-0.2, -0.15) is 10.2 Å². The Hall–Kier alpha value is -2.92. The average Bonchev–Trinajstić information content (AvgIpc) is 3.33. The molecule has 1 amide bonds. The van der Waals surface area contributed by atoms with Crippen molar-refractivity contribution >= 4 is 37.8 Å². The molecule has 1 aliphatic heterocycles. The molecule has 2 atom stereocenters. The second kappa shape index (κ2) is 8.21. The quantitative estimate of drug-likeness (QED) is 0.466. The van der Waals surface area contributed by atoms with E-state index in [1.165, 1.54) is 5.56 Å². The number of hydrogen-bond acceptors (Lipinski definition) is 5. The summed E-state index contributed by atoms with van der Waals surface area (Å²) in [6.07, 6.45) is 8.45. The van der Waals surface area contributed by atoms with Crippen LogP contribution in [0, 0.1) is 6.92 Å². The first-order valence-electron chi connectivity index (χ1n) is 9.52. The number of benzene rings is 1.